The quantitative estimate of drug-likeness (QED) is 0.493. The summed E-state index contributed by atoms with van der Waals surface area (Å²) >= 11 is 0. The minimum Gasteiger partial charge on any atom is -0.462 e. The summed E-state index contributed by atoms with van der Waals surface area (Å²) in [4.78, 5) is 22.6. The van der Waals surface area contributed by atoms with Crippen LogP contribution in [-0.4, -0.2) is 24.6 Å². The van der Waals surface area contributed by atoms with E-state index in [1.807, 2.05) is 6.92 Å². The maximum absolute atomic E-state index is 11.4. The molecule has 0 spiro atoms. The van der Waals surface area contributed by atoms with Crippen molar-refractivity contribution in [3.63, 3.8) is 0 Å². The molecule has 0 bridgehead atoms. The average molecular weight is 254 g/mol. The second-order valence-electron chi connectivity index (χ2n) is 4.30. The highest BCUT2D eigenvalue weighted by Crippen LogP contribution is 2.10. The molecule has 18 heavy (non-hydrogen) atoms. The van der Waals surface area contributed by atoms with Gasteiger partial charge in [-0.25, -0.2) is 9.59 Å². The third-order valence-electron chi connectivity index (χ3n) is 2.25. The molecule has 0 aliphatic carbocycles. The first-order chi connectivity index (χ1) is 8.38. The Balaban J connectivity index is 4.12. The molecule has 0 aromatic carbocycles. The van der Waals surface area contributed by atoms with Crippen molar-refractivity contribution in [2.75, 3.05) is 6.61 Å². The molecule has 0 amide bonds. The van der Waals surface area contributed by atoms with E-state index in [1.54, 1.807) is 13.8 Å². The molecule has 0 rings (SSSR count). The van der Waals surface area contributed by atoms with Gasteiger partial charge in [-0.1, -0.05) is 26.5 Å². The number of ether oxygens (including phenoxy) is 2. The monoisotopic (exact) mass is 254 g/mol. The van der Waals surface area contributed by atoms with Gasteiger partial charge in [0.1, 0.15) is 6.10 Å². The molecule has 0 aliphatic rings. The Morgan fingerprint density at radius 3 is 2.06 bits per heavy atom. The van der Waals surface area contributed by atoms with Crippen LogP contribution in [0.2, 0.25) is 0 Å². The lowest BCUT2D eigenvalue weighted by Crippen LogP contribution is -2.21. The van der Waals surface area contributed by atoms with E-state index in [-0.39, 0.29) is 12.7 Å². The molecule has 0 N–H and O–H groups in total. The summed E-state index contributed by atoms with van der Waals surface area (Å²) in [7, 11) is 0. The van der Waals surface area contributed by atoms with Gasteiger partial charge in [0.15, 0.2) is 0 Å². The first-order valence-corrected chi connectivity index (χ1v) is 6.07. The van der Waals surface area contributed by atoms with Gasteiger partial charge in [0, 0.05) is 17.6 Å². The van der Waals surface area contributed by atoms with E-state index < -0.39 is 11.9 Å². The number of rotatable bonds is 8. The second-order valence-corrected chi connectivity index (χ2v) is 4.30. The smallest absolute Gasteiger partial charge is 0.333 e. The molecule has 102 valence electrons. The van der Waals surface area contributed by atoms with Crippen molar-refractivity contribution in [3.05, 3.63) is 24.3 Å². The highest BCUT2D eigenvalue weighted by molar-refractivity contribution is 5.87. The molecule has 0 aliphatic heterocycles. The third-order valence-corrected chi connectivity index (χ3v) is 2.25. The first kappa shape index (κ1) is 16.4. The van der Waals surface area contributed by atoms with Crippen LogP contribution in [0.5, 0.6) is 0 Å². The fourth-order valence-electron chi connectivity index (χ4n) is 1.24. The maximum Gasteiger partial charge on any atom is 0.333 e. The Morgan fingerprint density at radius 2 is 1.61 bits per heavy atom. The molecule has 4 nitrogen and oxygen atoms in total. The average Bonchev–Trinajstić information content (AvgIpc) is 2.28. The Hall–Kier alpha value is -1.58. The molecular weight excluding hydrogens is 232 g/mol. The first-order valence-electron chi connectivity index (χ1n) is 6.07. The number of esters is 2. The summed E-state index contributed by atoms with van der Waals surface area (Å²) in [6.45, 7) is 12.4. The summed E-state index contributed by atoms with van der Waals surface area (Å²) in [5.41, 5.74) is 0.732. The highest BCUT2D eigenvalue weighted by Gasteiger charge is 2.15. The van der Waals surface area contributed by atoms with Crippen LogP contribution in [-0.2, 0) is 19.1 Å². The number of carbonyl (C=O) groups excluding carboxylic acids is 2. The van der Waals surface area contributed by atoms with Gasteiger partial charge in [-0.3, -0.25) is 0 Å². The second kappa shape index (κ2) is 8.50. The molecule has 0 aromatic rings. The van der Waals surface area contributed by atoms with Crippen LogP contribution in [0.1, 0.15) is 40.0 Å². The van der Waals surface area contributed by atoms with Crippen LogP contribution in [0.15, 0.2) is 24.3 Å². The Labute approximate surface area is 109 Å². The molecular formula is C14H22O4. The van der Waals surface area contributed by atoms with Crippen LogP contribution in [0.25, 0.3) is 0 Å². The minimum atomic E-state index is -0.420. The normalized spacial score (nSPS) is 11.5. The molecule has 1 atom stereocenters. The zero-order valence-electron chi connectivity index (χ0n) is 11.5. The van der Waals surface area contributed by atoms with Crippen molar-refractivity contribution in [3.8, 4) is 0 Å². The SMILES string of the molecule is C=C(C)C(=O)OCCC(CCC)OC(=O)C(=C)C. The number of carbonyl (C=O) groups is 2. The summed E-state index contributed by atoms with van der Waals surface area (Å²) < 4.78 is 10.2. The fourth-order valence-corrected chi connectivity index (χ4v) is 1.24. The lowest BCUT2D eigenvalue weighted by Gasteiger charge is -2.17. The standard InChI is InChI=1S/C14H22O4/c1-6-7-12(18-14(16)11(4)5)8-9-17-13(15)10(2)3/h12H,2,4,6-9H2,1,3,5H3. The van der Waals surface area contributed by atoms with Crippen molar-refractivity contribution in [1.82, 2.24) is 0 Å². The zero-order valence-corrected chi connectivity index (χ0v) is 11.5. The largest absolute Gasteiger partial charge is 0.462 e. The van der Waals surface area contributed by atoms with Crippen molar-refractivity contribution in [2.24, 2.45) is 0 Å². The van der Waals surface area contributed by atoms with E-state index in [2.05, 4.69) is 13.2 Å². The van der Waals surface area contributed by atoms with Crippen LogP contribution >= 0.6 is 0 Å². The summed E-state index contributed by atoms with van der Waals surface area (Å²) in [6.07, 6.45) is 1.88. The lowest BCUT2D eigenvalue weighted by atomic mass is 10.1. The molecule has 0 heterocycles. The Kier molecular flexibility index (Phi) is 7.76. The predicted octanol–water partition coefficient (Wildman–Crippen LogP) is 2.78. The topological polar surface area (TPSA) is 52.6 Å². The van der Waals surface area contributed by atoms with Crippen LogP contribution < -0.4 is 0 Å². The summed E-state index contributed by atoms with van der Waals surface area (Å²) in [5, 5.41) is 0. The van der Waals surface area contributed by atoms with Gasteiger partial charge >= 0.3 is 11.9 Å². The van der Waals surface area contributed by atoms with Crippen molar-refractivity contribution in [2.45, 2.75) is 46.1 Å². The van der Waals surface area contributed by atoms with Gasteiger partial charge in [0.25, 0.3) is 0 Å². The van der Waals surface area contributed by atoms with E-state index in [4.69, 9.17) is 9.47 Å². The maximum atomic E-state index is 11.4. The van der Waals surface area contributed by atoms with Gasteiger partial charge in [0.2, 0.25) is 0 Å². The third kappa shape index (κ3) is 6.89. The van der Waals surface area contributed by atoms with E-state index >= 15 is 0 Å². The minimum absolute atomic E-state index is 0.222. The molecule has 4 heteroatoms. The molecule has 0 saturated heterocycles. The molecule has 0 saturated carbocycles. The summed E-state index contributed by atoms with van der Waals surface area (Å²) in [5.74, 6) is -0.823. The Bertz CT molecular complexity index is 331. The lowest BCUT2D eigenvalue weighted by molar-refractivity contribution is -0.146. The van der Waals surface area contributed by atoms with E-state index in [0.717, 1.165) is 12.8 Å². The Morgan fingerprint density at radius 1 is 1.06 bits per heavy atom. The summed E-state index contributed by atoms with van der Waals surface area (Å²) in [6, 6.07) is 0. The van der Waals surface area contributed by atoms with Gasteiger partial charge in [0.05, 0.1) is 6.61 Å². The van der Waals surface area contributed by atoms with Crippen molar-refractivity contribution >= 4 is 11.9 Å². The van der Waals surface area contributed by atoms with Crippen LogP contribution in [0, 0.1) is 0 Å². The van der Waals surface area contributed by atoms with E-state index in [9.17, 15) is 9.59 Å². The number of hydrogen-bond acceptors (Lipinski definition) is 4. The predicted molar refractivity (Wildman–Crippen MR) is 70.0 cm³/mol. The van der Waals surface area contributed by atoms with Crippen LogP contribution in [0.3, 0.4) is 0 Å². The van der Waals surface area contributed by atoms with Gasteiger partial charge < -0.3 is 9.47 Å². The van der Waals surface area contributed by atoms with Crippen molar-refractivity contribution < 1.29 is 19.1 Å². The molecule has 0 aromatic heterocycles. The zero-order chi connectivity index (χ0) is 14.1. The van der Waals surface area contributed by atoms with Gasteiger partial charge in [-0.15, -0.1) is 0 Å². The molecule has 1 unspecified atom stereocenters. The van der Waals surface area contributed by atoms with E-state index in [1.165, 1.54) is 0 Å². The van der Waals surface area contributed by atoms with Crippen molar-refractivity contribution in [1.29, 1.82) is 0 Å². The molecule has 0 radical (unpaired) electrons. The number of hydrogen-bond donors (Lipinski definition) is 0. The van der Waals surface area contributed by atoms with Gasteiger partial charge in [-0.2, -0.15) is 0 Å². The highest BCUT2D eigenvalue weighted by atomic mass is 16.6. The fraction of sp³-hybridized carbons (Fsp3) is 0.571. The molecule has 0 fully saturated rings. The van der Waals surface area contributed by atoms with E-state index in [0.29, 0.717) is 17.6 Å². The van der Waals surface area contributed by atoms with Crippen LogP contribution in [0.4, 0.5) is 0 Å². The van der Waals surface area contributed by atoms with Gasteiger partial charge in [-0.05, 0) is 20.3 Å².